The molecule has 0 bridgehead atoms. The number of aromatic nitrogens is 2. The van der Waals surface area contributed by atoms with Crippen molar-refractivity contribution < 1.29 is 13.2 Å². The van der Waals surface area contributed by atoms with Gasteiger partial charge in [-0.15, -0.1) is 0 Å². The third-order valence-electron chi connectivity index (χ3n) is 4.26. The number of imidazole rings is 1. The fraction of sp³-hybridized carbons (Fsp3) is 0.222. The number of amides is 1. The molecule has 1 N–H and O–H groups in total. The smallest absolute Gasteiger partial charge is 0.325 e. The Morgan fingerprint density at radius 2 is 1.62 bits per heavy atom. The summed E-state index contributed by atoms with van der Waals surface area (Å²) in [5, 5.41) is 2.58. The van der Waals surface area contributed by atoms with Crippen LogP contribution < -0.4 is 11.0 Å². The normalized spacial score (nSPS) is 11.7. The van der Waals surface area contributed by atoms with E-state index in [2.05, 4.69) is 5.32 Å². The zero-order valence-electron chi connectivity index (χ0n) is 14.7. The summed E-state index contributed by atoms with van der Waals surface area (Å²) in [5.74, 6) is -1.29. The topological polar surface area (TPSA) is 90.2 Å². The summed E-state index contributed by atoms with van der Waals surface area (Å²) in [6.45, 7) is 1.92. The number of carbonyl (C=O) groups excluding carboxylic acids is 1. The number of hydrogen-bond acceptors (Lipinski definition) is 4. The number of sulfone groups is 1. The Labute approximate surface area is 150 Å². The molecule has 3 aromatic rings. The predicted octanol–water partition coefficient (Wildman–Crippen LogP) is 1.60. The van der Waals surface area contributed by atoms with Gasteiger partial charge in [-0.3, -0.25) is 13.9 Å². The van der Waals surface area contributed by atoms with E-state index < -0.39 is 21.5 Å². The number of nitrogens with one attached hydrogen (secondary N) is 1. The Kier molecular flexibility index (Phi) is 4.45. The highest BCUT2D eigenvalue weighted by Crippen LogP contribution is 2.19. The third kappa shape index (κ3) is 3.28. The molecule has 2 aromatic carbocycles. The first-order valence-electron chi connectivity index (χ1n) is 7.94. The molecule has 0 fully saturated rings. The van der Waals surface area contributed by atoms with Crippen molar-refractivity contribution in [3.05, 3.63) is 58.5 Å². The number of fused-ring (bicyclic) bond motifs is 1. The van der Waals surface area contributed by atoms with E-state index in [1.165, 1.54) is 21.3 Å². The summed E-state index contributed by atoms with van der Waals surface area (Å²) in [4.78, 5) is 24.1. The van der Waals surface area contributed by atoms with Gasteiger partial charge in [0.25, 0.3) is 0 Å². The largest absolute Gasteiger partial charge is 0.328 e. The average Bonchev–Trinajstić information content (AvgIpc) is 2.81. The SMILES string of the molecule is Cc1ccc(NC(=O)CS(=O)(=O)c2ccc3c(c2)n(C)c(=O)n3C)cc1. The first-order valence-corrected chi connectivity index (χ1v) is 9.59. The summed E-state index contributed by atoms with van der Waals surface area (Å²) < 4.78 is 28.0. The maximum absolute atomic E-state index is 12.6. The van der Waals surface area contributed by atoms with Crippen LogP contribution in [0.5, 0.6) is 0 Å². The zero-order valence-corrected chi connectivity index (χ0v) is 15.5. The minimum atomic E-state index is -3.84. The number of aryl methyl sites for hydroxylation is 3. The molecule has 0 aliphatic rings. The van der Waals surface area contributed by atoms with Crippen molar-refractivity contribution in [1.82, 2.24) is 9.13 Å². The van der Waals surface area contributed by atoms with Crippen molar-refractivity contribution in [3.63, 3.8) is 0 Å². The molecule has 0 spiro atoms. The van der Waals surface area contributed by atoms with Crippen LogP contribution >= 0.6 is 0 Å². The summed E-state index contributed by atoms with van der Waals surface area (Å²) in [5.41, 5.74) is 2.46. The van der Waals surface area contributed by atoms with Crippen LogP contribution in [0.25, 0.3) is 11.0 Å². The molecule has 0 saturated heterocycles. The van der Waals surface area contributed by atoms with E-state index in [1.54, 1.807) is 32.3 Å². The molecule has 1 heterocycles. The highest BCUT2D eigenvalue weighted by molar-refractivity contribution is 7.92. The number of hydrogen-bond donors (Lipinski definition) is 1. The maximum Gasteiger partial charge on any atom is 0.328 e. The minimum Gasteiger partial charge on any atom is -0.325 e. The van der Waals surface area contributed by atoms with Crippen LogP contribution in [0.15, 0.2) is 52.2 Å². The fourth-order valence-corrected chi connectivity index (χ4v) is 3.92. The summed E-state index contributed by atoms with van der Waals surface area (Å²) >= 11 is 0. The van der Waals surface area contributed by atoms with Crippen LogP contribution in [0.1, 0.15) is 5.56 Å². The lowest BCUT2D eigenvalue weighted by molar-refractivity contribution is -0.113. The molecule has 0 radical (unpaired) electrons. The quantitative estimate of drug-likeness (QED) is 0.752. The van der Waals surface area contributed by atoms with Gasteiger partial charge in [0.2, 0.25) is 5.91 Å². The van der Waals surface area contributed by atoms with E-state index in [-0.39, 0.29) is 10.6 Å². The highest BCUT2D eigenvalue weighted by atomic mass is 32.2. The zero-order chi connectivity index (χ0) is 19.1. The van der Waals surface area contributed by atoms with Crippen LogP contribution in [0.3, 0.4) is 0 Å². The molecule has 7 nitrogen and oxygen atoms in total. The average molecular weight is 373 g/mol. The second-order valence-electron chi connectivity index (χ2n) is 6.22. The molecule has 136 valence electrons. The third-order valence-corrected chi connectivity index (χ3v) is 5.87. The van der Waals surface area contributed by atoms with E-state index in [1.807, 2.05) is 19.1 Å². The van der Waals surface area contributed by atoms with Gasteiger partial charge in [0.1, 0.15) is 5.75 Å². The lowest BCUT2D eigenvalue weighted by Gasteiger charge is -2.07. The lowest BCUT2D eigenvalue weighted by atomic mass is 10.2. The van der Waals surface area contributed by atoms with Gasteiger partial charge in [-0.1, -0.05) is 17.7 Å². The molecular weight excluding hydrogens is 354 g/mol. The maximum atomic E-state index is 12.6. The van der Waals surface area contributed by atoms with Crippen molar-refractivity contribution in [2.45, 2.75) is 11.8 Å². The van der Waals surface area contributed by atoms with Gasteiger partial charge in [0.15, 0.2) is 9.84 Å². The molecule has 0 atom stereocenters. The van der Waals surface area contributed by atoms with Gasteiger partial charge in [-0.25, -0.2) is 13.2 Å². The molecule has 1 aromatic heterocycles. The van der Waals surface area contributed by atoms with Crippen LogP contribution in [-0.4, -0.2) is 29.2 Å². The molecule has 0 unspecified atom stereocenters. The molecular formula is C18H19N3O4S. The van der Waals surface area contributed by atoms with Crippen LogP contribution in [0.2, 0.25) is 0 Å². The van der Waals surface area contributed by atoms with Crippen LogP contribution in [0.4, 0.5) is 5.69 Å². The predicted molar refractivity (Wildman–Crippen MR) is 100 cm³/mol. The number of benzene rings is 2. The first kappa shape index (κ1) is 17.9. The van der Waals surface area contributed by atoms with Crippen molar-refractivity contribution in [2.24, 2.45) is 14.1 Å². The molecule has 0 saturated carbocycles. The van der Waals surface area contributed by atoms with E-state index >= 15 is 0 Å². The standard InChI is InChI=1S/C18H19N3O4S/c1-12-4-6-13(7-5-12)19-17(22)11-26(24,25)14-8-9-15-16(10-14)21(3)18(23)20(15)2/h4-10H,11H2,1-3H3,(H,19,22). The summed E-state index contributed by atoms with van der Waals surface area (Å²) in [6, 6.07) is 11.5. The first-order chi connectivity index (χ1) is 12.2. The highest BCUT2D eigenvalue weighted by Gasteiger charge is 2.21. The lowest BCUT2D eigenvalue weighted by Crippen LogP contribution is -2.23. The van der Waals surface area contributed by atoms with Gasteiger partial charge >= 0.3 is 5.69 Å². The van der Waals surface area contributed by atoms with E-state index in [4.69, 9.17) is 0 Å². The Bertz CT molecular complexity index is 1160. The van der Waals surface area contributed by atoms with Gasteiger partial charge < -0.3 is 5.32 Å². The second kappa shape index (κ2) is 6.45. The van der Waals surface area contributed by atoms with Gasteiger partial charge in [-0.2, -0.15) is 0 Å². The molecule has 0 aliphatic heterocycles. The monoisotopic (exact) mass is 373 g/mol. The number of anilines is 1. The molecule has 3 rings (SSSR count). The van der Waals surface area contributed by atoms with Crippen molar-refractivity contribution in [3.8, 4) is 0 Å². The van der Waals surface area contributed by atoms with E-state index in [0.29, 0.717) is 16.7 Å². The molecule has 8 heteroatoms. The van der Waals surface area contributed by atoms with Crippen molar-refractivity contribution in [1.29, 1.82) is 0 Å². The molecule has 26 heavy (non-hydrogen) atoms. The van der Waals surface area contributed by atoms with Gasteiger partial charge in [0.05, 0.1) is 15.9 Å². The van der Waals surface area contributed by atoms with Crippen molar-refractivity contribution in [2.75, 3.05) is 11.1 Å². The number of rotatable bonds is 4. The number of carbonyl (C=O) groups is 1. The van der Waals surface area contributed by atoms with Crippen molar-refractivity contribution >= 4 is 32.5 Å². The fourth-order valence-electron chi connectivity index (χ4n) is 2.77. The van der Waals surface area contributed by atoms with E-state index in [0.717, 1.165) is 5.56 Å². The Morgan fingerprint density at radius 1 is 1.00 bits per heavy atom. The summed E-state index contributed by atoms with van der Waals surface area (Å²) in [7, 11) is -0.643. The van der Waals surface area contributed by atoms with Crippen LogP contribution in [0, 0.1) is 6.92 Å². The summed E-state index contributed by atoms with van der Waals surface area (Å²) in [6.07, 6.45) is 0. The molecule has 1 amide bonds. The Balaban J connectivity index is 1.86. The van der Waals surface area contributed by atoms with E-state index in [9.17, 15) is 18.0 Å². The van der Waals surface area contributed by atoms with Gasteiger partial charge in [0, 0.05) is 19.8 Å². The van der Waals surface area contributed by atoms with Gasteiger partial charge in [-0.05, 0) is 37.3 Å². The minimum absolute atomic E-state index is 0.00487. The second-order valence-corrected chi connectivity index (χ2v) is 8.21. The molecule has 0 aliphatic carbocycles. The Morgan fingerprint density at radius 3 is 2.27 bits per heavy atom. The number of nitrogens with zero attached hydrogens (tertiary/aromatic N) is 2. The van der Waals surface area contributed by atoms with Crippen LogP contribution in [-0.2, 0) is 28.7 Å². The Hall–Kier alpha value is -2.87.